The largest absolute Gasteiger partial charge is 0.315 e. The van der Waals surface area contributed by atoms with Crippen LogP contribution in [0.1, 0.15) is 43.5 Å². The molecule has 1 aliphatic rings. The van der Waals surface area contributed by atoms with Gasteiger partial charge in [-0.1, -0.05) is 43.1 Å². The van der Waals surface area contributed by atoms with E-state index in [0.717, 1.165) is 21.1 Å². The average molecular weight is 330 g/mol. The van der Waals surface area contributed by atoms with E-state index in [2.05, 4.69) is 43.2 Å². The molecule has 2 nitrogen and oxygen atoms in total. The van der Waals surface area contributed by atoms with Crippen LogP contribution in [0.3, 0.4) is 0 Å². The molecule has 1 aromatic heterocycles. The van der Waals surface area contributed by atoms with E-state index in [0.29, 0.717) is 0 Å². The Morgan fingerprint density at radius 1 is 1.13 bits per heavy atom. The summed E-state index contributed by atoms with van der Waals surface area (Å²) in [6, 6.07) is 14.9. The molecule has 1 unspecified atom stereocenters. The van der Waals surface area contributed by atoms with Crippen LogP contribution in [0, 0.1) is 5.92 Å². The van der Waals surface area contributed by atoms with Gasteiger partial charge in [-0.25, -0.2) is 0 Å². The first-order valence-corrected chi connectivity index (χ1v) is 9.01. The number of hydrogen-bond donors (Lipinski definition) is 0. The molecular formula is C20H26ClN2+. The van der Waals surface area contributed by atoms with Gasteiger partial charge in [0.05, 0.1) is 20.1 Å². The van der Waals surface area contributed by atoms with Crippen LogP contribution < -0.4 is 0 Å². The fourth-order valence-corrected chi connectivity index (χ4v) is 4.04. The van der Waals surface area contributed by atoms with Crippen LogP contribution >= 0.6 is 11.6 Å². The van der Waals surface area contributed by atoms with Crippen molar-refractivity contribution in [2.24, 2.45) is 5.92 Å². The van der Waals surface area contributed by atoms with Gasteiger partial charge in [0, 0.05) is 16.8 Å². The second kappa shape index (κ2) is 7.02. The summed E-state index contributed by atoms with van der Waals surface area (Å²) in [6.07, 6.45) is 5.83. The van der Waals surface area contributed by atoms with Crippen LogP contribution in [0.2, 0.25) is 5.02 Å². The quantitative estimate of drug-likeness (QED) is 0.712. The molecule has 0 radical (unpaired) electrons. The van der Waals surface area contributed by atoms with Crippen LogP contribution in [0.4, 0.5) is 0 Å². The molecule has 0 saturated carbocycles. The van der Waals surface area contributed by atoms with Gasteiger partial charge in [-0.2, -0.15) is 0 Å². The standard InChI is InChI=1S/C20H26ClN2/c1-3-16-11-14-23(2,15-12-16)20(19-6-4-5-13-22-19)17-7-9-18(21)10-8-17/h4-10,13,16,20H,3,11-12,14-15H2,1-2H3/q+1. The molecule has 0 amide bonds. The lowest BCUT2D eigenvalue weighted by atomic mass is 9.89. The molecule has 0 spiro atoms. The summed E-state index contributed by atoms with van der Waals surface area (Å²) in [6.45, 7) is 4.74. The third kappa shape index (κ3) is 3.59. The molecule has 0 N–H and O–H groups in total. The van der Waals surface area contributed by atoms with E-state index in [1.54, 1.807) is 0 Å². The minimum atomic E-state index is 0.284. The molecular weight excluding hydrogens is 304 g/mol. The lowest BCUT2D eigenvalue weighted by molar-refractivity contribution is -0.939. The topological polar surface area (TPSA) is 12.9 Å². The van der Waals surface area contributed by atoms with E-state index in [9.17, 15) is 0 Å². The molecule has 23 heavy (non-hydrogen) atoms. The molecule has 122 valence electrons. The normalized spacial score (nSPS) is 26.0. The molecule has 2 heterocycles. The van der Waals surface area contributed by atoms with E-state index < -0.39 is 0 Å². The predicted molar refractivity (Wildman–Crippen MR) is 96.5 cm³/mol. The first-order valence-electron chi connectivity index (χ1n) is 8.63. The van der Waals surface area contributed by atoms with Gasteiger partial charge in [-0.05, 0) is 43.0 Å². The Morgan fingerprint density at radius 2 is 1.83 bits per heavy atom. The summed E-state index contributed by atoms with van der Waals surface area (Å²) in [5, 5.41) is 0.792. The smallest absolute Gasteiger partial charge is 0.157 e. The Bertz CT molecular complexity index is 616. The van der Waals surface area contributed by atoms with E-state index in [-0.39, 0.29) is 6.04 Å². The number of nitrogens with zero attached hydrogens (tertiary/aromatic N) is 2. The number of hydrogen-bond acceptors (Lipinski definition) is 1. The number of benzene rings is 1. The monoisotopic (exact) mass is 329 g/mol. The van der Waals surface area contributed by atoms with Gasteiger partial charge in [0.25, 0.3) is 0 Å². The van der Waals surface area contributed by atoms with Crippen molar-refractivity contribution in [1.82, 2.24) is 4.98 Å². The zero-order valence-corrected chi connectivity index (χ0v) is 14.8. The summed E-state index contributed by atoms with van der Waals surface area (Å²) in [5.74, 6) is 0.885. The van der Waals surface area contributed by atoms with Crippen molar-refractivity contribution in [3.8, 4) is 0 Å². The van der Waals surface area contributed by atoms with E-state index in [1.807, 2.05) is 24.4 Å². The molecule has 3 rings (SSSR count). The Kier molecular flexibility index (Phi) is 5.03. The highest BCUT2D eigenvalue weighted by Crippen LogP contribution is 2.37. The Balaban J connectivity index is 1.97. The molecule has 0 aliphatic carbocycles. The van der Waals surface area contributed by atoms with Gasteiger partial charge in [-0.15, -0.1) is 0 Å². The molecule has 3 heteroatoms. The predicted octanol–water partition coefficient (Wildman–Crippen LogP) is 5.09. The second-order valence-corrected chi connectivity index (χ2v) is 7.42. The molecule has 1 atom stereocenters. The van der Waals surface area contributed by atoms with Gasteiger partial charge in [0.15, 0.2) is 6.04 Å². The Morgan fingerprint density at radius 3 is 2.39 bits per heavy atom. The molecule has 1 aliphatic heterocycles. The number of quaternary nitrogens is 1. The van der Waals surface area contributed by atoms with Crippen molar-refractivity contribution in [2.75, 3.05) is 20.1 Å². The lowest BCUT2D eigenvalue weighted by Gasteiger charge is -2.46. The fraction of sp³-hybridized carbons (Fsp3) is 0.450. The van der Waals surface area contributed by atoms with Crippen molar-refractivity contribution in [1.29, 1.82) is 0 Å². The number of rotatable bonds is 4. The van der Waals surface area contributed by atoms with E-state index in [4.69, 9.17) is 11.6 Å². The number of pyridine rings is 1. The first kappa shape index (κ1) is 16.5. The minimum Gasteiger partial charge on any atom is -0.315 e. The van der Waals surface area contributed by atoms with Gasteiger partial charge >= 0.3 is 0 Å². The Labute approximate surface area is 144 Å². The van der Waals surface area contributed by atoms with Crippen molar-refractivity contribution >= 4 is 11.6 Å². The highest BCUT2D eigenvalue weighted by molar-refractivity contribution is 6.30. The lowest BCUT2D eigenvalue weighted by Crippen LogP contribution is -2.52. The third-order valence-electron chi connectivity index (χ3n) is 5.45. The molecule has 2 aromatic rings. The van der Waals surface area contributed by atoms with Gasteiger partial charge in [-0.3, -0.25) is 4.98 Å². The number of aromatic nitrogens is 1. The maximum Gasteiger partial charge on any atom is 0.157 e. The zero-order valence-electron chi connectivity index (χ0n) is 14.1. The summed E-state index contributed by atoms with van der Waals surface area (Å²) in [5.41, 5.74) is 2.47. The molecule has 1 saturated heterocycles. The second-order valence-electron chi connectivity index (χ2n) is 6.99. The van der Waals surface area contributed by atoms with Crippen molar-refractivity contribution in [3.63, 3.8) is 0 Å². The van der Waals surface area contributed by atoms with Gasteiger partial charge < -0.3 is 4.48 Å². The maximum atomic E-state index is 6.10. The molecule has 1 fully saturated rings. The van der Waals surface area contributed by atoms with Crippen LogP contribution in [-0.4, -0.2) is 29.6 Å². The van der Waals surface area contributed by atoms with Gasteiger partial charge in [0.2, 0.25) is 0 Å². The highest BCUT2D eigenvalue weighted by atomic mass is 35.5. The number of piperidine rings is 1. The van der Waals surface area contributed by atoms with Crippen molar-refractivity contribution in [3.05, 3.63) is 64.9 Å². The van der Waals surface area contributed by atoms with Crippen LogP contribution in [0.25, 0.3) is 0 Å². The fourth-order valence-electron chi connectivity index (χ4n) is 3.91. The molecule has 1 aromatic carbocycles. The zero-order chi connectivity index (χ0) is 16.3. The summed E-state index contributed by atoms with van der Waals surface area (Å²) in [7, 11) is 2.39. The van der Waals surface area contributed by atoms with Crippen molar-refractivity contribution < 1.29 is 4.48 Å². The van der Waals surface area contributed by atoms with Gasteiger partial charge in [0.1, 0.15) is 5.69 Å². The van der Waals surface area contributed by atoms with E-state index in [1.165, 1.54) is 37.9 Å². The van der Waals surface area contributed by atoms with Crippen LogP contribution in [0.15, 0.2) is 48.7 Å². The highest BCUT2D eigenvalue weighted by Gasteiger charge is 2.39. The number of halogens is 1. The summed E-state index contributed by atoms with van der Waals surface area (Å²) >= 11 is 6.10. The van der Waals surface area contributed by atoms with Crippen molar-refractivity contribution in [2.45, 2.75) is 32.2 Å². The maximum absolute atomic E-state index is 6.10. The first-order chi connectivity index (χ1) is 11.1. The Hall–Kier alpha value is -1.38. The third-order valence-corrected chi connectivity index (χ3v) is 5.70. The minimum absolute atomic E-state index is 0.284. The summed E-state index contributed by atoms with van der Waals surface area (Å²) < 4.78 is 1.04. The van der Waals surface area contributed by atoms with Crippen LogP contribution in [-0.2, 0) is 0 Å². The molecule has 0 bridgehead atoms. The van der Waals surface area contributed by atoms with E-state index >= 15 is 0 Å². The number of likely N-dealkylation sites (tertiary alicyclic amines) is 1. The average Bonchev–Trinajstić information content (AvgIpc) is 2.58. The SMILES string of the molecule is CCC1CC[N+](C)(C(c2ccc(Cl)cc2)c2ccccn2)CC1. The van der Waals surface area contributed by atoms with Crippen LogP contribution in [0.5, 0.6) is 0 Å². The summed E-state index contributed by atoms with van der Waals surface area (Å²) in [4.78, 5) is 4.69.